The average Bonchev–Trinajstić information content (AvgIpc) is 2.60. The van der Waals surface area contributed by atoms with Crippen LogP contribution in [0, 0.1) is 13.8 Å². The highest BCUT2D eigenvalue weighted by Crippen LogP contribution is 2.32. The van der Waals surface area contributed by atoms with Gasteiger partial charge in [-0.3, -0.25) is 0 Å². The van der Waals surface area contributed by atoms with Gasteiger partial charge in [0.25, 0.3) is 0 Å². The minimum atomic E-state index is 1.01. The Balaban J connectivity index is 2.58. The van der Waals surface area contributed by atoms with Crippen molar-refractivity contribution in [3.05, 3.63) is 40.5 Å². The van der Waals surface area contributed by atoms with Gasteiger partial charge in [0.05, 0.1) is 15.6 Å². The second kappa shape index (κ2) is 4.15. The lowest BCUT2D eigenvalue weighted by atomic mass is 10.1. The summed E-state index contributed by atoms with van der Waals surface area (Å²) in [6.45, 7) is 6.39. The Bertz CT molecular complexity index is 471. The first kappa shape index (κ1) is 10.4. The molecule has 0 aliphatic heterocycles. The van der Waals surface area contributed by atoms with E-state index in [2.05, 4.69) is 50.0 Å². The Morgan fingerprint density at radius 1 is 1.20 bits per heavy atom. The van der Waals surface area contributed by atoms with Gasteiger partial charge in [0.2, 0.25) is 0 Å². The Kier molecular flexibility index (Phi) is 2.87. The first-order valence-corrected chi connectivity index (χ1v) is 6.06. The van der Waals surface area contributed by atoms with E-state index in [-0.39, 0.29) is 0 Å². The van der Waals surface area contributed by atoms with Gasteiger partial charge in [-0.05, 0) is 31.4 Å². The number of aryl methyl sites for hydroxylation is 3. The van der Waals surface area contributed by atoms with E-state index in [1.165, 1.54) is 21.7 Å². The monoisotopic (exact) mass is 217 g/mol. The lowest BCUT2D eigenvalue weighted by Crippen LogP contribution is -1.86. The van der Waals surface area contributed by atoms with Gasteiger partial charge < -0.3 is 0 Å². The molecular weight excluding hydrogens is 202 g/mol. The quantitative estimate of drug-likeness (QED) is 0.741. The molecule has 1 aromatic heterocycles. The number of rotatable bonds is 2. The molecule has 0 bridgehead atoms. The fraction of sp³-hybridized carbons (Fsp3) is 0.308. The molecule has 0 saturated heterocycles. The Morgan fingerprint density at radius 2 is 1.93 bits per heavy atom. The SMILES string of the molecule is CCc1nc(C)sc1-c1ccccc1C. The number of aromatic nitrogens is 1. The van der Waals surface area contributed by atoms with Crippen LogP contribution < -0.4 is 0 Å². The third-order valence-electron chi connectivity index (χ3n) is 2.53. The van der Waals surface area contributed by atoms with Crippen molar-refractivity contribution in [3.63, 3.8) is 0 Å². The standard InChI is InChI=1S/C13H15NS/c1-4-12-13(15-10(3)14-12)11-8-6-5-7-9(11)2/h5-8H,4H2,1-3H3. The number of hydrogen-bond acceptors (Lipinski definition) is 2. The summed E-state index contributed by atoms with van der Waals surface area (Å²) in [5.74, 6) is 0. The summed E-state index contributed by atoms with van der Waals surface area (Å²) in [4.78, 5) is 5.91. The van der Waals surface area contributed by atoms with Crippen molar-refractivity contribution in [1.82, 2.24) is 4.98 Å². The molecule has 1 nitrogen and oxygen atoms in total. The van der Waals surface area contributed by atoms with Gasteiger partial charge in [-0.1, -0.05) is 31.2 Å². The van der Waals surface area contributed by atoms with E-state index in [9.17, 15) is 0 Å². The second-order valence-corrected chi connectivity index (χ2v) is 4.88. The van der Waals surface area contributed by atoms with Crippen LogP contribution in [-0.2, 0) is 6.42 Å². The summed E-state index contributed by atoms with van der Waals surface area (Å²) < 4.78 is 0. The van der Waals surface area contributed by atoms with Crippen molar-refractivity contribution < 1.29 is 0 Å². The molecular formula is C13H15NS. The zero-order valence-electron chi connectivity index (χ0n) is 9.37. The Morgan fingerprint density at radius 3 is 2.60 bits per heavy atom. The van der Waals surface area contributed by atoms with Crippen molar-refractivity contribution in [1.29, 1.82) is 0 Å². The lowest BCUT2D eigenvalue weighted by Gasteiger charge is -2.03. The van der Waals surface area contributed by atoms with Crippen LogP contribution in [0.5, 0.6) is 0 Å². The smallest absolute Gasteiger partial charge is 0.0903 e. The summed E-state index contributed by atoms with van der Waals surface area (Å²) in [5.41, 5.74) is 3.89. The molecule has 0 fully saturated rings. The first-order chi connectivity index (χ1) is 7.22. The molecule has 15 heavy (non-hydrogen) atoms. The molecule has 0 spiro atoms. The van der Waals surface area contributed by atoms with Gasteiger partial charge in [-0.15, -0.1) is 11.3 Å². The Labute approximate surface area is 94.8 Å². The van der Waals surface area contributed by atoms with E-state index >= 15 is 0 Å². The molecule has 0 atom stereocenters. The predicted octanol–water partition coefficient (Wildman–Crippen LogP) is 3.99. The van der Waals surface area contributed by atoms with Crippen LogP contribution in [0.2, 0.25) is 0 Å². The first-order valence-electron chi connectivity index (χ1n) is 5.24. The van der Waals surface area contributed by atoms with Gasteiger partial charge in [0.15, 0.2) is 0 Å². The number of nitrogens with zero attached hydrogens (tertiary/aromatic N) is 1. The van der Waals surface area contributed by atoms with Crippen LogP contribution in [0.4, 0.5) is 0 Å². The van der Waals surface area contributed by atoms with Gasteiger partial charge in [0.1, 0.15) is 0 Å². The minimum Gasteiger partial charge on any atom is -0.246 e. The molecule has 1 heterocycles. The highest BCUT2D eigenvalue weighted by Gasteiger charge is 2.10. The largest absolute Gasteiger partial charge is 0.246 e. The third-order valence-corrected chi connectivity index (χ3v) is 3.58. The number of thiazole rings is 1. The van der Waals surface area contributed by atoms with Crippen LogP contribution in [0.25, 0.3) is 10.4 Å². The van der Waals surface area contributed by atoms with Crippen LogP contribution >= 0.6 is 11.3 Å². The molecule has 0 amide bonds. The van der Waals surface area contributed by atoms with Crippen LogP contribution in [0.1, 0.15) is 23.2 Å². The second-order valence-electron chi connectivity index (χ2n) is 3.68. The maximum Gasteiger partial charge on any atom is 0.0903 e. The zero-order chi connectivity index (χ0) is 10.8. The molecule has 0 radical (unpaired) electrons. The van der Waals surface area contributed by atoms with Crippen molar-refractivity contribution in [3.8, 4) is 10.4 Å². The Hall–Kier alpha value is -1.15. The molecule has 0 aliphatic carbocycles. The minimum absolute atomic E-state index is 1.01. The van der Waals surface area contributed by atoms with Crippen molar-refractivity contribution >= 4 is 11.3 Å². The van der Waals surface area contributed by atoms with E-state index < -0.39 is 0 Å². The molecule has 2 aromatic rings. The molecule has 78 valence electrons. The zero-order valence-corrected chi connectivity index (χ0v) is 10.2. The summed E-state index contributed by atoms with van der Waals surface area (Å²) >= 11 is 1.80. The number of hydrogen-bond donors (Lipinski definition) is 0. The molecule has 0 unspecified atom stereocenters. The fourth-order valence-electron chi connectivity index (χ4n) is 1.75. The number of benzene rings is 1. The predicted molar refractivity (Wildman–Crippen MR) is 66.4 cm³/mol. The average molecular weight is 217 g/mol. The maximum atomic E-state index is 4.57. The maximum absolute atomic E-state index is 4.57. The van der Waals surface area contributed by atoms with Crippen LogP contribution in [-0.4, -0.2) is 4.98 Å². The van der Waals surface area contributed by atoms with E-state index in [1.54, 1.807) is 11.3 Å². The van der Waals surface area contributed by atoms with Gasteiger partial charge >= 0.3 is 0 Å². The third kappa shape index (κ3) is 1.95. The molecule has 1 aromatic carbocycles. The fourth-order valence-corrected chi connectivity index (χ4v) is 2.85. The molecule has 0 N–H and O–H groups in total. The van der Waals surface area contributed by atoms with E-state index in [4.69, 9.17) is 0 Å². The lowest BCUT2D eigenvalue weighted by molar-refractivity contribution is 1.05. The molecule has 0 saturated carbocycles. The van der Waals surface area contributed by atoms with Crippen molar-refractivity contribution in [2.24, 2.45) is 0 Å². The highest BCUT2D eigenvalue weighted by atomic mass is 32.1. The highest BCUT2D eigenvalue weighted by molar-refractivity contribution is 7.15. The summed E-state index contributed by atoms with van der Waals surface area (Å²) in [7, 11) is 0. The summed E-state index contributed by atoms with van der Waals surface area (Å²) in [5, 5.41) is 1.16. The topological polar surface area (TPSA) is 12.9 Å². The normalized spacial score (nSPS) is 10.6. The van der Waals surface area contributed by atoms with Gasteiger partial charge in [-0.2, -0.15) is 0 Å². The summed E-state index contributed by atoms with van der Waals surface area (Å²) in [6.07, 6.45) is 1.01. The van der Waals surface area contributed by atoms with E-state index in [0.717, 1.165) is 11.4 Å². The van der Waals surface area contributed by atoms with Gasteiger partial charge in [-0.25, -0.2) is 4.98 Å². The summed E-state index contributed by atoms with van der Waals surface area (Å²) in [6, 6.07) is 8.51. The van der Waals surface area contributed by atoms with E-state index in [0.29, 0.717) is 0 Å². The van der Waals surface area contributed by atoms with Gasteiger partial charge in [0, 0.05) is 0 Å². The van der Waals surface area contributed by atoms with Crippen LogP contribution in [0.15, 0.2) is 24.3 Å². The van der Waals surface area contributed by atoms with E-state index in [1.807, 2.05) is 0 Å². The van der Waals surface area contributed by atoms with Crippen LogP contribution in [0.3, 0.4) is 0 Å². The van der Waals surface area contributed by atoms with Crippen molar-refractivity contribution in [2.45, 2.75) is 27.2 Å². The molecule has 2 heteroatoms. The molecule has 2 rings (SSSR count). The van der Waals surface area contributed by atoms with Crippen molar-refractivity contribution in [2.75, 3.05) is 0 Å². The molecule has 0 aliphatic rings.